The lowest BCUT2D eigenvalue weighted by Gasteiger charge is -2.08. The van der Waals surface area contributed by atoms with Gasteiger partial charge in [0.05, 0.1) is 28.5 Å². The van der Waals surface area contributed by atoms with E-state index in [4.69, 9.17) is 5.26 Å². The topological polar surface area (TPSA) is 87.8 Å². The Morgan fingerprint density at radius 3 is 2.76 bits per heavy atom. The molecule has 0 aliphatic carbocycles. The monoisotopic (exact) mass is 304 g/mol. The van der Waals surface area contributed by atoms with E-state index in [1.165, 1.54) is 12.1 Å². The second-order valence-corrected chi connectivity index (χ2v) is 6.41. The van der Waals surface area contributed by atoms with E-state index in [0.29, 0.717) is 12.1 Å². The second kappa shape index (κ2) is 6.08. The summed E-state index contributed by atoms with van der Waals surface area (Å²) < 4.78 is 28.7. The van der Waals surface area contributed by atoms with Gasteiger partial charge in [0.1, 0.15) is 0 Å². The number of sulfonamides is 1. The van der Waals surface area contributed by atoms with Gasteiger partial charge >= 0.3 is 0 Å². The van der Waals surface area contributed by atoms with Crippen molar-refractivity contribution < 1.29 is 8.42 Å². The van der Waals surface area contributed by atoms with Gasteiger partial charge in [0.25, 0.3) is 0 Å². The number of rotatable bonds is 5. The zero-order chi connectivity index (χ0) is 15.5. The van der Waals surface area contributed by atoms with E-state index < -0.39 is 10.0 Å². The van der Waals surface area contributed by atoms with Crippen LogP contribution in [-0.2, 0) is 16.6 Å². The zero-order valence-electron chi connectivity index (χ0n) is 11.9. The third-order valence-corrected chi connectivity index (χ3v) is 4.72. The third-order valence-electron chi connectivity index (χ3n) is 3.26. The van der Waals surface area contributed by atoms with Gasteiger partial charge in [0.2, 0.25) is 10.0 Å². The molecule has 7 heteroatoms. The Morgan fingerprint density at radius 2 is 2.14 bits per heavy atom. The number of benzene rings is 1. The Kier molecular flexibility index (Phi) is 4.40. The number of nitrogens with one attached hydrogen (secondary N) is 1. The number of hydrogen-bond acceptors (Lipinski definition) is 4. The van der Waals surface area contributed by atoms with Crippen LogP contribution in [0.3, 0.4) is 0 Å². The highest BCUT2D eigenvalue weighted by molar-refractivity contribution is 7.89. The molecule has 0 aliphatic heterocycles. The maximum atomic E-state index is 12.1. The van der Waals surface area contributed by atoms with Gasteiger partial charge in [-0.05, 0) is 32.0 Å². The lowest BCUT2D eigenvalue weighted by molar-refractivity contribution is 0.571. The average Bonchev–Trinajstić information content (AvgIpc) is 2.79. The SMILES string of the molecule is Cc1ncn(CCNS(=O)(=O)c2cccc(C#N)c2)c1C. The summed E-state index contributed by atoms with van der Waals surface area (Å²) in [4.78, 5) is 4.26. The zero-order valence-corrected chi connectivity index (χ0v) is 12.7. The Hall–Kier alpha value is -2.17. The Labute approximate surface area is 124 Å². The molecule has 0 saturated heterocycles. The Bertz CT molecular complexity index is 788. The van der Waals surface area contributed by atoms with Crippen molar-refractivity contribution in [3.8, 4) is 6.07 Å². The van der Waals surface area contributed by atoms with Crippen LogP contribution in [0.15, 0.2) is 35.5 Å². The molecule has 21 heavy (non-hydrogen) atoms. The lowest BCUT2D eigenvalue weighted by Crippen LogP contribution is -2.27. The summed E-state index contributed by atoms with van der Waals surface area (Å²) in [5.74, 6) is 0. The van der Waals surface area contributed by atoms with Crippen LogP contribution in [-0.4, -0.2) is 24.5 Å². The normalized spacial score (nSPS) is 11.3. The van der Waals surface area contributed by atoms with Crippen LogP contribution < -0.4 is 4.72 Å². The van der Waals surface area contributed by atoms with E-state index in [-0.39, 0.29) is 11.4 Å². The van der Waals surface area contributed by atoms with E-state index in [1.807, 2.05) is 24.5 Å². The molecular formula is C14H16N4O2S. The van der Waals surface area contributed by atoms with Crippen LogP contribution >= 0.6 is 0 Å². The number of hydrogen-bond donors (Lipinski definition) is 1. The smallest absolute Gasteiger partial charge is 0.240 e. The average molecular weight is 304 g/mol. The summed E-state index contributed by atoms with van der Waals surface area (Å²) >= 11 is 0. The fraction of sp³-hybridized carbons (Fsp3) is 0.286. The van der Waals surface area contributed by atoms with E-state index >= 15 is 0 Å². The molecule has 0 atom stereocenters. The number of nitriles is 1. The largest absolute Gasteiger partial charge is 0.333 e. The van der Waals surface area contributed by atoms with Crippen LogP contribution in [0.25, 0.3) is 0 Å². The molecule has 2 rings (SSSR count). The van der Waals surface area contributed by atoms with Crippen LogP contribution in [0.1, 0.15) is 17.0 Å². The summed E-state index contributed by atoms with van der Waals surface area (Å²) in [7, 11) is -3.60. The van der Waals surface area contributed by atoms with Crippen molar-refractivity contribution in [1.82, 2.24) is 14.3 Å². The van der Waals surface area contributed by atoms with Crippen LogP contribution in [0.5, 0.6) is 0 Å². The first-order chi connectivity index (χ1) is 9.94. The first-order valence-electron chi connectivity index (χ1n) is 6.42. The minimum atomic E-state index is -3.60. The number of aryl methyl sites for hydroxylation is 1. The van der Waals surface area contributed by atoms with Gasteiger partial charge in [-0.2, -0.15) is 5.26 Å². The second-order valence-electron chi connectivity index (χ2n) is 4.65. The molecule has 0 fully saturated rings. The minimum Gasteiger partial charge on any atom is -0.333 e. The Balaban J connectivity index is 2.05. The van der Waals surface area contributed by atoms with Crippen molar-refractivity contribution in [1.29, 1.82) is 5.26 Å². The van der Waals surface area contributed by atoms with Crippen molar-refractivity contribution in [2.24, 2.45) is 0 Å². The van der Waals surface area contributed by atoms with E-state index in [9.17, 15) is 8.42 Å². The predicted octanol–water partition coefficient (Wildman–Crippen LogP) is 1.35. The standard InChI is InChI=1S/C14H16N4O2S/c1-11-12(2)18(10-16-11)7-6-17-21(19,20)14-5-3-4-13(8-14)9-15/h3-5,8,10,17H,6-7H2,1-2H3. The maximum Gasteiger partial charge on any atom is 0.240 e. The third kappa shape index (κ3) is 3.48. The summed E-state index contributed by atoms with van der Waals surface area (Å²) in [5, 5.41) is 8.81. The molecular weight excluding hydrogens is 288 g/mol. The van der Waals surface area contributed by atoms with Gasteiger partial charge < -0.3 is 4.57 Å². The molecule has 0 spiro atoms. The van der Waals surface area contributed by atoms with E-state index in [1.54, 1.807) is 18.5 Å². The van der Waals surface area contributed by atoms with Crippen molar-refractivity contribution in [3.63, 3.8) is 0 Å². The highest BCUT2D eigenvalue weighted by Gasteiger charge is 2.14. The number of aromatic nitrogens is 2. The fourth-order valence-electron chi connectivity index (χ4n) is 1.89. The maximum absolute atomic E-state index is 12.1. The lowest BCUT2D eigenvalue weighted by atomic mass is 10.2. The Morgan fingerprint density at radius 1 is 1.38 bits per heavy atom. The summed E-state index contributed by atoms with van der Waals surface area (Å²) in [6.07, 6.45) is 1.69. The molecule has 1 aromatic carbocycles. The predicted molar refractivity (Wildman–Crippen MR) is 78.0 cm³/mol. The highest BCUT2D eigenvalue weighted by atomic mass is 32.2. The molecule has 0 saturated carbocycles. The summed E-state index contributed by atoms with van der Waals surface area (Å²) in [5.41, 5.74) is 2.26. The van der Waals surface area contributed by atoms with Crippen molar-refractivity contribution in [2.45, 2.75) is 25.3 Å². The van der Waals surface area contributed by atoms with Crippen molar-refractivity contribution >= 4 is 10.0 Å². The number of imidazole rings is 1. The van der Waals surface area contributed by atoms with Crippen LogP contribution in [0, 0.1) is 25.2 Å². The molecule has 1 N–H and O–H groups in total. The molecule has 0 aliphatic rings. The molecule has 0 radical (unpaired) electrons. The molecule has 110 valence electrons. The molecule has 0 amide bonds. The van der Waals surface area contributed by atoms with Gasteiger partial charge in [-0.3, -0.25) is 0 Å². The summed E-state index contributed by atoms with van der Waals surface area (Å²) in [6.45, 7) is 4.61. The van der Waals surface area contributed by atoms with Gasteiger partial charge in [0, 0.05) is 18.8 Å². The molecule has 0 bridgehead atoms. The molecule has 6 nitrogen and oxygen atoms in total. The van der Waals surface area contributed by atoms with Gasteiger partial charge in [0.15, 0.2) is 0 Å². The van der Waals surface area contributed by atoms with Crippen LogP contribution in [0.4, 0.5) is 0 Å². The minimum absolute atomic E-state index is 0.0973. The van der Waals surface area contributed by atoms with Crippen molar-refractivity contribution in [2.75, 3.05) is 6.54 Å². The van der Waals surface area contributed by atoms with Crippen molar-refractivity contribution in [3.05, 3.63) is 47.5 Å². The molecule has 2 aromatic rings. The number of nitrogens with zero attached hydrogens (tertiary/aromatic N) is 3. The van der Waals surface area contributed by atoms with Gasteiger partial charge in [-0.25, -0.2) is 18.1 Å². The quantitative estimate of drug-likeness (QED) is 0.903. The fourth-order valence-corrected chi connectivity index (χ4v) is 2.95. The highest BCUT2D eigenvalue weighted by Crippen LogP contribution is 2.10. The van der Waals surface area contributed by atoms with Crippen LogP contribution in [0.2, 0.25) is 0 Å². The van der Waals surface area contributed by atoms with E-state index in [2.05, 4.69) is 9.71 Å². The van der Waals surface area contributed by atoms with E-state index in [0.717, 1.165) is 11.4 Å². The summed E-state index contributed by atoms with van der Waals surface area (Å²) in [6, 6.07) is 7.87. The molecule has 0 unspecified atom stereocenters. The van der Waals surface area contributed by atoms with Gasteiger partial charge in [-0.1, -0.05) is 6.07 Å². The first-order valence-corrected chi connectivity index (χ1v) is 7.90. The van der Waals surface area contributed by atoms with Gasteiger partial charge in [-0.15, -0.1) is 0 Å². The molecule has 1 heterocycles. The first kappa shape index (κ1) is 15.2. The molecule has 1 aromatic heterocycles.